The van der Waals surface area contributed by atoms with Crippen LogP contribution in [0.25, 0.3) is 78.7 Å². The van der Waals surface area contributed by atoms with E-state index in [0.29, 0.717) is 33.7 Å². The van der Waals surface area contributed by atoms with Crippen molar-refractivity contribution in [2.75, 3.05) is 9.80 Å². The van der Waals surface area contributed by atoms with Crippen molar-refractivity contribution in [1.82, 2.24) is 15.0 Å². The first-order valence-corrected chi connectivity index (χ1v) is 29.3. The molecule has 0 spiro atoms. The van der Waals surface area contributed by atoms with Gasteiger partial charge in [0, 0.05) is 45.0 Å². The highest BCUT2D eigenvalue weighted by Gasteiger charge is 2.45. The molecule has 14 rings (SSSR count). The summed E-state index contributed by atoms with van der Waals surface area (Å²) >= 11 is 0. The van der Waals surface area contributed by atoms with Crippen molar-refractivity contribution < 1.29 is 20.6 Å². The Bertz CT molecular complexity index is 5340. The van der Waals surface area contributed by atoms with Gasteiger partial charge in [0.25, 0.3) is 6.71 Å². The van der Waals surface area contributed by atoms with Crippen molar-refractivity contribution >= 4 is 57.2 Å². The Labute approximate surface area is 535 Å². The molecule has 11 aromatic carbocycles. The summed E-state index contributed by atoms with van der Waals surface area (Å²) in [4.78, 5) is 19.4. The lowest BCUT2D eigenvalue weighted by Gasteiger charge is -2.46. The zero-order valence-corrected chi connectivity index (χ0v) is 50.0. The van der Waals surface area contributed by atoms with Crippen molar-refractivity contribution in [2.24, 2.45) is 0 Å². The number of fused-ring (bicyclic) bond motifs is 4. The standard InChI is InChI=1S/C81H70BN5/c1-79(2,3)62-37-25-36-58(46-62)61-40-44-71-68(49-61)82-67-48-60(54-28-17-11-18-29-54)39-43-72(67)87(70-45-41-63(80(4,5)6)50-66(70)78-84-76(56-32-21-13-22-33-56)83-77(85-78)57-34-23-14-24-35-57)74-52-64(81(7,8)9)51-73(75(74)82)86(71)69-42-38-59(53-26-15-10-16-27-53)47-65(69)55-30-19-12-20-31-55/h10-52H,1-9H3/i11D,13D,14D,17D,18D,21D,22D,23D,24D,28D,29D,32D,33D,34D,35D. The average molecular weight is 1140 g/mol. The van der Waals surface area contributed by atoms with Gasteiger partial charge in [-0.15, -0.1) is 0 Å². The molecule has 5 nitrogen and oxygen atoms in total. The zero-order valence-electron chi connectivity index (χ0n) is 65.0. The minimum absolute atomic E-state index is 0.00151. The molecule has 0 bridgehead atoms. The topological polar surface area (TPSA) is 45.2 Å². The summed E-state index contributed by atoms with van der Waals surface area (Å²) in [6.45, 7) is 18.5. The molecule has 0 saturated heterocycles. The number of rotatable bonds is 9. The van der Waals surface area contributed by atoms with Crippen LogP contribution in [0.3, 0.4) is 0 Å². The summed E-state index contributed by atoms with van der Waals surface area (Å²) < 4.78 is 135. The van der Waals surface area contributed by atoms with Gasteiger partial charge in [0.2, 0.25) is 0 Å². The molecule has 0 fully saturated rings. The number of hydrogen-bond donors (Lipinski definition) is 0. The average Bonchev–Trinajstić information content (AvgIpc) is 0.689. The van der Waals surface area contributed by atoms with Gasteiger partial charge in [-0.1, -0.05) is 274 Å². The van der Waals surface area contributed by atoms with Crippen LogP contribution in [-0.4, -0.2) is 21.7 Å². The van der Waals surface area contributed by atoms with E-state index in [0.717, 1.165) is 78.1 Å². The Morgan fingerprint density at radius 3 is 1.24 bits per heavy atom. The number of nitrogens with zero attached hydrogens (tertiary/aromatic N) is 5. The molecule has 0 unspecified atom stereocenters. The van der Waals surface area contributed by atoms with Gasteiger partial charge < -0.3 is 9.80 Å². The van der Waals surface area contributed by atoms with Gasteiger partial charge in [-0.25, -0.2) is 15.0 Å². The Morgan fingerprint density at radius 2 is 0.713 bits per heavy atom. The molecule has 2 aliphatic rings. The normalized spacial score (nSPS) is 15.2. The van der Waals surface area contributed by atoms with E-state index >= 15 is 0 Å². The van der Waals surface area contributed by atoms with Gasteiger partial charge in [-0.2, -0.15) is 0 Å². The molecule has 0 radical (unpaired) electrons. The lowest BCUT2D eigenvalue weighted by Crippen LogP contribution is -2.61. The Kier molecular flexibility index (Phi) is 10.0. The number of aromatic nitrogens is 3. The maximum Gasteiger partial charge on any atom is 0.252 e. The highest BCUT2D eigenvalue weighted by molar-refractivity contribution is 7.00. The molecule has 422 valence electrons. The monoisotopic (exact) mass is 1140 g/mol. The zero-order chi connectivity index (χ0) is 72.8. The van der Waals surface area contributed by atoms with Gasteiger partial charge in [0.1, 0.15) is 0 Å². The van der Waals surface area contributed by atoms with E-state index in [1.165, 1.54) is 0 Å². The predicted molar refractivity (Wildman–Crippen MR) is 368 cm³/mol. The summed E-state index contributed by atoms with van der Waals surface area (Å²) in [7, 11) is 0. The lowest BCUT2D eigenvalue weighted by molar-refractivity contribution is 0.590. The second-order valence-electron chi connectivity index (χ2n) is 25.4. The van der Waals surface area contributed by atoms with Crippen LogP contribution in [0.1, 0.15) is 99.6 Å². The summed E-state index contributed by atoms with van der Waals surface area (Å²) in [6, 6.07) is 49.3. The van der Waals surface area contributed by atoms with E-state index < -0.39 is 119 Å². The maximum atomic E-state index is 9.47. The highest BCUT2D eigenvalue weighted by atomic mass is 15.2. The van der Waals surface area contributed by atoms with Crippen LogP contribution in [0.15, 0.2) is 260 Å². The van der Waals surface area contributed by atoms with Gasteiger partial charge in [-0.05, 0) is 137 Å². The molecule has 2 aliphatic heterocycles. The molecule has 87 heavy (non-hydrogen) atoms. The quantitative estimate of drug-likeness (QED) is 0.135. The fourth-order valence-electron chi connectivity index (χ4n) is 12.1. The van der Waals surface area contributed by atoms with Gasteiger partial charge >= 0.3 is 0 Å². The van der Waals surface area contributed by atoms with Crippen LogP contribution in [-0.2, 0) is 16.2 Å². The molecular weight excluding hydrogens is 1050 g/mol. The maximum absolute atomic E-state index is 9.47. The first-order chi connectivity index (χ1) is 48.2. The van der Waals surface area contributed by atoms with E-state index in [4.69, 9.17) is 27.3 Å². The van der Waals surface area contributed by atoms with Crippen LogP contribution in [0, 0.1) is 0 Å². The van der Waals surface area contributed by atoms with E-state index in [-0.39, 0.29) is 28.9 Å². The van der Waals surface area contributed by atoms with Gasteiger partial charge in [0.15, 0.2) is 17.5 Å². The van der Waals surface area contributed by atoms with Gasteiger partial charge in [-0.3, -0.25) is 0 Å². The van der Waals surface area contributed by atoms with Crippen LogP contribution in [0.5, 0.6) is 0 Å². The second-order valence-corrected chi connectivity index (χ2v) is 25.4. The van der Waals surface area contributed by atoms with Crippen molar-refractivity contribution in [2.45, 2.75) is 78.6 Å². The highest BCUT2D eigenvalue weighted by Crippen LogP contribution is 2.51. The Hall–Kier alpha value is -9.91. The second kappa shape index (κ2) is 21.6. The first kappa shape index (κ1) is 40.4. The predicted octanol–water partition coefficient (Wildman–Crippen LogP) is 19.5. The molecule has 3 heterocycles. The summed E-state index contributed by atoms with van der Waals surface area (Å²) in [5.74, 6) is -0.997. The van der Waals surface area contributed by atoms with Crippen LogP contribution in [0.2, 0.25) is 0 Å². The third kappa shape index (κ3) is 10.2. The third-order valence-corrected chi connectivity index (χ3v) is 16.6. The van der Waals surface area contributed by atoms with E-state index in [1.807, 2.05) is 87.5 Å². The van der Waals surface area contributed by atoms with Crippen molar-refractivity contribution in [1.29, 1.82) is 0 Å². The van der Waals surface area contributed by atoms with Crippen LogP contribution >= 0.6 is 0 Å². The Morgan fingerprint density at radius 1 is 0.299 bits per heavy atom. The summed E-state index contributed by atoms with van der Waals surface area (Å²) in [5.41, 5.74) is 13.9. The minimum Gasteiger partial charge on any atom is -0.311 e. The number of hydrogen-bond acceptors (Lipinski definition) is 5. The summed E-state index contributed by atoms with van der Waals surface area (Å²) in [5, 5.41) is 0. The molecule has 1 aromatic heterocycles. The molecule has 0 saturated carbocycles. The minimum atomic E-state index is -0.678. The third-order valence-electron chi connectivity index (χ3n) is 16.6. The molecule has 0 N–H and O–H groups in total. The SMILES string of the molecule is [2H]c1c([2H])c([2H])c(-c2ccc3c(c2)B2c4cc(-c5cccc(C(C)(C)C)c5)ccc4N(c4ccc(-c5ccccc5)cc4-c4ccccc4)c4cc(C(C)(C)C)cc(c42)N3c2ccc(C(C)(C)C)cc2-c2nc(-c3c([2H])c([2H])c([2H])c([2H])c3[2H])nc(-c3c([2H])c([2H])c([2H])c([2H])c3[2H])n2)c([2H])c1[2H]. The van der Waals surface area contributed by atoms with E-state index in [1.54, 1.807) is 6.07 Å². The fraction of sp³-hybridized carbons (Fsp3) is 0.148. The first-order valence-electron chi connectivity index (χ1n) is 36.8. The van der Waals surface area contributed by atoms with Crippen LogP contribution < -0.4 is 26.2 Å². The molecule has 0 atom stereocenters. The van der Waals surface area contributed by atoms with Crippen LogP contribution in [0.4, 0.5) is 34.1 Å². The molecular formula is C81H70BN5. The smallest absolute Gasteiger partial charge is 0.252 e. The number of benzene rings is 11. The largest absolute Gasteiger partial charge is 0.311 e. The van der Waals surface area contributed by atoms with E-state index in [9.17, 15) is 8.22 Å². The van der Waals surface area contributed by atoms with E-state index in [2.05, 4.69) is 148 Å². The van der Waals surface area contributed by atoms with Crippen molar-refractivity contribution in [3.63, 3.8) is 0 Å². The summed E-state index contributed by atoms with van der Waals surface area (Å²) in [6.07, 6.45) is 0. The van der Waals surface area contributed by atoms with Crippen molar-refractivity contribution in [3.05, 3.63) is 277 Å². The lowest BCUT2D eigenvalue weighted by atomic mass is 9.33. The van der Waals surface area contributed by atoms with Gasteiger partial charge in [0.05, 0.1) is 31.9 Å². The van der Waals surface area contributed by atoms with Crippen molar-refractivity contribution in [3.8, 4) is 78.7 Å². The molecule has 6 heteroatoms. The Balaban J connectivity index is 1.16. The number of anilines is 6. The fourth-order valence-corrected chi connectivity index (χ4v) is 12.1. The molecule has 0 aliphatic carbocycles. The molecule has 0 amide bonds. The molecule has 12 aromatic rings.